The molecule has 0 radical (unpaired) electrons. The highest BCUT2D eigenvalue weighted by molar-refractivity contribution is 7.80. The average molecular weight is 299 g/mol. The number of hydrogen-bond donors (Lipinski definition) is 2. The zero-order chi connectivity index (χ0) is 13.8. The molecule has 1 aromatic rings. The van der Waals surface area contributed by atoms with Crippen molar-refractivity contribution in [3.05, 3.63) is 28.8 Å². The molecule has 3 N–H and O–H groups in total. The van der Waals surface area contributed by atoms with Crippen LogP contribution in [0.1, 0.15) is 24.8 Å². The Bertz CT molecular complexity index is 465. The monoisotopic (exact) mass is 298 g/mol. The molecule has 1 fully saturated rings. The molecular weight excluding hydrogens is 280 g/mol. The molecule has 0 bridgehead atoms. The van der Waals surface area contributed by atoms with Gasteiger partial charge in [-0.05, 0) is 43.4 Å². The molecule has 2 rings (SSSR count). The minimum atomic E-state index is 0.246. The number of nitrogens with two attached hydrogens (primary N) is 1. The van der Waals surface area contributed by atoms with Gasteiger partial charge in [0.1, 0.15) is 4.99 Å². The highest BCUT2D eigenvalue weighted by atomic mass is 35.5. The molecule has 1 aliphatic heterocycles. The van der Waals surface area contributed by atoms with Crippen molar-refractivity contribution in [2.75, 3.05) is 24.6 Å². The fraction of sp³-hybridized carbons (Fsp3) is 0.500. The van der Waals surface area contributed by atoms with Crippen LogP contribution in [0.5, 0.6) is 0 Å². The van der Waals surface area contributed by atoms with Crippen LogP contribution < -0.4 is 10.6 Å². The van der Waals surface area contributed by atoms with Crippen LogP contribution in [-0.4, -0.2) is 29.8 Å². The van der Waals surface area contributed by atoms with E-state index in [1.54, 1.807) is 0 Å². The molecule has 1 aromatic carbocycles. The maximum Gasteiger partial charge on any atom is 0.106 e. The quantitative estimate of drug-likeness (QED) is 0.839. The van der Waals surface area contributed by atoms with Crippen molar-refractivity contribution in [2.24, 2.45) is 11.7 Å². The summed E-state index contributed by atoms with van der Waals surface area (Å²) >= 11 is 11.2. The Labute approximate surface area is 124 Å². The van der Waals surface area contributed by atoms with E-state index in [0.717, 1.165) is 37.2 Å². The summed E-state index contributed by atoms with van der Waals surface area (Å²) in [6, 6.07) is 5.63. The summed E-state index contributed by atoms with van der Waals surface area (Å²) < 4.78 is 0. The number of thiocarbonyl (C=S) groups is 1. The third kappa shape index (κ3) is 3.59. The maximum atomic E-state index is 9.08. The second-order valence-electron chi connectivity index (χ2n) is 4.99. The van der Waals surface area contributed by atoms with Crippen LogP contribution in [-0.2, 0) is 0 Å². The van der Waals surface area contributed by atoms with Gasteiger partial charge in [0.2, 0.25) is 0 Å². The Balaban J connectivity index is 2.24. The van der Waals surface area contributed by atoms with Gasteiger partial charge in [0.15, 0.2) is 0 Å². The lowest BCUT2D eigenvalue weighted by Crippen LogP contribution is -2.37. The summed E-state index contributed by atoms with van der Waals surface area (Å²) in [6.07, 6.45) is 3.13. The first-order valence-corrected chi connectivity index (χ1v) is 7.35. The van der Waals surface area contributed by atoms with E-state index in [9.17, 15) is 0 Å². The third-order valence-electron chi connectivity index (χ3n) is 3.62. The first kappa shape index (κ1) is 14.6. The van der Waals surface area contributed by atoms with Gasteiger partial charge in [0.05, 0.1) is 0 Å². The summed E-state index contributed by atoms with van der Waals surface area (Å²) in [7, 11) is 0. The number of benzene rings is 1. The van der Waals surface area contributed by atoms with Gasteiger partial charge in [0.25, 0.3) is 0 Å². The van der Waals surface area contributed by atoms with Crippen molar-refractivity contribution in [1.82, 2.24) is 0 Å². The normalized spacial score (nSPS) is 19.5. The van der Waals surface area contributed by atoms with Crippen molar-refractivity contribution >= 4 is 34.5 Å². The van der Waals surface area contributed by atoms with Gasteiger partial charge < -0.3 is 15.7 Å². The van der Waals surface area contributed by atoms with E-state index in [0.29, 0.717) is 15.9 Å². The highest BCUT2D eigenvalue weighted by Crippen LogP contribution is 2.30. The highest BCUT2D eigenvalue weighted by Gasteiger charge is 2.22. The SMILES string of the molecule is NC(=S)c1ccc(Cl)cc1N1CCCC(CCO)C1. The zero-order valence-corrected chi connectivity index (χ0v) is 12.4. The fourth-order valence-electron chi connectivity index (χ4n) is 2.68. The Morgan fingerprint density at radius 2 is 2.32 bits per heavy atom. The van der Waals surface area contributed by atoms with Crippen LogP contribution in [0.3, 0.4) is 0 Å². The van der Waals surface area contributed by atoms with Crippen LogP contribution in [0.15, 0.2) is 18.2 Å². The molecule has 0 spiro atoms. The summed E-state index contributed by atoms with van der Waals surface area (Å²) in [5, 5.41) is 9.78. The van der Waals surface area contributed by atoms with E-state index < -0.39 is 0 Å². The van der Waals surface area contributed by atoms with Gasteiger partial charge in [-0.25, -0.2) is 0 Å². The summed E-state index contributed by atoms with van der Waals surface area (Å²) in [4.78, 5) is 2.68. The predicted molar refractivity (Wildman–Crippen MR) is 84.0 cm³/mol. The van der Waals surface area contributed by atoms with Gasteiger partial charge in [-0.3, -0.25) is 0 Å². The Morgan fingerprint density at radius 3 is 3.00 bits per heavy atom. The maximum absolute atomic E-state index is 9.08. The molecule has 1 saturated heterocycles. The molecule has 104 valence electrons. The second-order valence-corrected chi connectivity index (χ2v) is 5.87. The standard InChI is InChI=1S/C14H19ClN2OS/c15-11-3-4-12(14(16)19)13(8-11)17-6-1-2-10(9-17)5-7-18/h3-4,8,10,18H,1-2,5-7,9H2,(H2,16,19). The number of nitrogens with zero attached hydrogens (tertiary/aromatic N) is 1. The molecular formula is C14H19ClN2OS. The van der Waals surface area contributed by atoms with E-state index in [4.69, 9.17) is 34.7 Å². The number of rotatable bonds is 4. The summed E-state index contributed by atoms with van der Waals surface area (Å²) in [6.45, 7) is 2.16. The van der Waals surface area contributed by atoms with Crippen LogP contribution in [0.4, 0.5) is 5.69 Å². The minimum Gasteiger partial charge on any atom is -0.396 e. The molecule has 1 aliphatic rings. The first-order valence-electron chi connectivity index (χ1n) is 6.57. The minimum absolute atomic E-state index is 0.246. The topological polar surface area (TPSA) is 49.5 Å². The van der Waals surface area contributed by atoms with Gasteiger partial charge in [-0.2, -0.15) is 0 Å². The van der Waals surface area contributed by atoms with Crippen molar-refractivity contribution in [1.29, 1.82) is 0 Å². The van der Waals surface area contributed by atoms with E-state index in [1.165, 1.54) is 6.42 Å². The largest absolute Gasteiger partial charge is 0.396 e. The van der Waals surface area contributed by atoms with Gasteiger partial charge in [-0.15, -0.1) is 0 Å². The molecule has 1 heterocycles. The lowest BCUT2D eigenvalue weighted by atomic mass is 9.94. The van der Waals surface area contributed by atoms with E-state index in [1.807, 2.05) is 18.2 Å². The van der Waals surface area contributed by atoms with Gasteiger partial charge >= 0.3 is 0 Å². The number of anilines is 1. The molecule has 0 aliphatic carbocycles. The number of piperidine rings is 1. The molecule has 0 saturated carbocycles. The van der Waals surface area contributed by atoms with Gasteiger partial charge in [0, 0.05) is 36.0 Å². The van der Waals surface area contributed by atoms with Crippen LogP contribution >= 0.6 is 23.8 Å². The van der Waals surface area contributed by atoms with Crippen LogP contribution in [0, 0.1) is 5.92 Å². The van der Waals surface area contributed by atoms with Crippen molar-refractivity contribution in [3.63, 3.8) is 0 Å². The predicted octanol–water partition coefficient (Wildman–Crippen LogP) is 2.57. The Kier molecular flexibility index (Phi) is 5.02. The van der Waals surface area contributed by atoms with Crippen molar-refractivity contribution in [3.8, 4) is 0 Å². The number of halogens is 1. The molecule has 3 nitrogen and oxygen atoms in total. The number of aliphatic hydroxyl groups excluding tert-OH is 1. The fourth-order valence-corrected chi connectivity index (χ4v) is 3.02. The van der Waals surface area contributed by atoms with E-state index in [2.05, 4.69) is 4.90 Å². The van der Waals surface area contributed by atoms with E-state index >= 15 is 0 Å². The lowest BCUT2D eigenvalue weighted by molar-refractivity contribution is 0.244. The summed E-state index contributed by atoms with van der Waals surface area (Å²) in [5.74, 6) is 0.525. The first-order chi connectivity index (χ1) is 9.11. The molecule has 1 unspecified atom stereocenters. The summed E-state index contributed by atoms with van der Waals surface area (Å²) in [5.41, 5.74) is 7.68. The smallest absolute Gasteiger partial charge is 0.106 e. The van der Waals surface area contributed by atoms with Crippen LogP contribution in [0.25, 0.3) is 0 Å². The molecule has 19 heavy (non-hydrogen) atoms. The van der Waals surface area contributed by atoms with E-state index in [-0.39, 0.29) is 6.61 Å². The van der Waals surface area contributed by atoms with Crippen LogP contribution in [0.2, 0.25) is 5.02 Å². The average Bonchev–Trinajstić information content (AvgIpc) is 2.39. The molecule has 0 aromatic heterocycles. The number of aliphatic hydroxyl groups is 1. The number of hydrogen-bond acceptors (Lipinski definition) is 3. The van der Waals surface area contributed by atoms with Crippen molar-refractivity contribution in [2.45, 2.75) is 19.3 Å². The zero-order valence-electron chi connectivity index (χ0n) is 10.8. The molecule has 1 atom stereocenters. The lowest BCUT2D eigenvalue weighted by Gasteiger charge is -2.35. The Hall–Kier alpha value is -0.840. The molecule has 0 amide bonds. The molecule has 5 heteroatoms. The third-order valence-corrected chi connectivity index (χ3v) is 4.08. The second kappa shape index (κ2) is 6.55. The van der Waals surface area contributed by atoms with Crippen molar-refractivity contribution < 1.29 is 5.11 Å². The van der Waals surface area contributed by atoms with Gasteiger partial charge in [-0.1, -0.05) is 23.8 Å². The Morgan fingerprint density at radius 1 is 1.53 bits per heavy atom.